The number of anilines is 1. The zero-order chi connectivity index (χ0) is 16.6. The number of aryl methyl sites for hydroxylation is 1. The van der Waals surface area contributed by atoms with Gasteiger partial charge in [0.1, 0.15) is 0 Å². The van der Waals surface area contributed by atoms with Gasteiger partial charge in [-0.3, -0.25) is 0 Å². The SMILES string of the molecule is Cc1cccc2c1cnn2C(=O)Nc1cccc(C(F)(F)F)c1. The van der Waals surface area contributed by atoms with Crippen molar-refractivity contribution in [2.45, 2.75) is 13.1 Å². The van der Waals surface area contributed by atoms with Crippen LogP contribution in [-0.4, -0.2) is 15.8 Å². The first-order chi connectivity index (χ1) is 10.9. The first-order valence-electron chi connectivity index (χ1n) is 6.78. The van der Waals surface area contributed by atoms with Crippen LogP contribution < -0.4 is 5.32 Å². The Kier molecular flexibility index (Phi) is 3.55. The minimum absolute atomic E-state index is 0.0566. The minimum atomic E-state index is -4.46. The Hall–Kier alpha value is -2.83. The van der Waals surface area contributed by atoms with Crippen LogP contribution in [0.25, 0.3) is 10.9 Å². The fourth-order valence-corrected chi connectivity index (χ4v) is 2.31. The van der Waals surface area contributed by atoms with Crippen LogP contribution in [0.4, 0.5) is 23.7 Å². The van der Waals surface area contributed by atoms with E-state index in [4.69, 9.17) is 0 Å². The van der Waals surface area contributed by atoms with E-state index in [1.54, 1.807) is 18.3 Å². The maximum atomic E-state index is 12.7. The highest BCUT2D eigenvalue weighted by atomic mass is 19.4. The fourth-order valence-electron chi connectivity index (χ4n) is 2.31. The van der Waals surface area contributed by atoms with Gasteiger partial charge >= 0.3 is 12.2 Å². The number of rotatable bonds is 1. The molecule has 23 heavy (non-hydrogen) atoms. The number of fused-ring (bicyclic) bond motifs is 1. The molecule has 0 atom stereocenters. The molecule has 0 unspecified atom stereocenters. The third-order valence-electron chi connectivity index (χ3n) is 3.47. The summed E-state index contributed by atoms with van der Waals surface area (Å²) >= 11 is 0. The Morgan fingerprint density at radius 2 is 1.91 bits per heavy atom. The van der Waals surface area contributed by atoms with Crippen molar-refractivity contribution >= 4 is 22.6 Å². The Balaban J connectivity index is 1.91. The highest BCUT2D eigenvalue weighted by Crippen LogP contribution is 2.30. The van der Waals surface area contributed by atoms with E-state index < -0.39 is 17.8 Å². The number of alkyl halides is 3. The van der Waals surface area contributed by atoms with E-state index in [9.17, 15) is 18.0 Å². The van der Waals surface area contributed by atoms with Crippen molar-refractivity contribution in [3.05, 3.63) is 59.8 Å². The molecule has 0 fully saturated rings. The van der Waals surface area contributed by atoms with E-state index in [0.29, 0.717) is 5.52 Å². The topological polar surface area (TPSA) is 46.9 Å². The smallest absolute Gasteiger partial charge is 0.306 e. The van der Waals surface area contributed by atoms with Gasteiger partial charge in [0.2, 0.25) is 0 Å². The average molecular weight is 319 g/mol. The minimum Gasteiger partial charge on any atom is -0.306 e. The fraction of sp³-hybridized carbons (Fsp3) is 0.125. The first kappa shape index (κ1) is 15.1. The number of nitrogens with one attached hydrogen (secondary N) is 1. The standard InChI is InChI=1S/C16H12F3N3O/c1-10-4-2-7-14-13(10)9-20-22(14)15(23)21-12-6-3-5-11(8-12)16(17,18)19/h2-9H,1H3,(H,21,23). The van der Waals surface area contributed by atoms with Crippen LogP contribution in [0.3, 0.4) is 0 Å². The first-order valence-corrected chi connectivity index (χ1v) is 6.78. The van der Waals surface area contributed by atoms with E-state index in [2.05, 4.69) is 10.4 Å². The average Bonchev–Trinajstić information content (AvgIpc) is 2.92. The molecule has 0 aliphatic heterocycles. The van der Waals surface area contributed by atoms with Crippen molar-refractivity contribution in [2.24, 2.45) is 0 Å². The van der Waals surface area contributed by atoms with Crippen LogP contribution >= 0.6 is 0 Å². The summed E-state index contributed by atoms with van der Waals surface area (Å²) in [5.41, 5.74) is 0.785. The maximum Gasteiger partial charge on any atom is 0.416 e. The van der Waals surface area contributed by atoms with Crippen molar-refractivity contribution in [1.82, 2.24) is 9.78 Å². The van der Waals surface area contributed by atoms with Gasteiger partial charge in [-0.1, -0.05) is 18.2 Å². The molecular formula is C16H12F3N3O. The van der Waals surface area contributed by atoms with Crippen molar-refractivity contribution in [1.29, 1.82) is 0 Å². The van der Waals surface area contributed by atoms with Crippen LogP contribution in [0.1, 0.15) is 11.1 Å². The molecule has 0 aliphatic carbocycles. The predicted molar refractivity (Wildman–Crippen MR) is 80.3 cm³/mol. The molecule has 1 aromatic heterocycles. The zero-order valence-electron chi connectivity index (χ0n) is 12.1. The monoisotopic (exact) mass is 319 g/mol. The molecular weight excluding hydrogens is 307 g/mol. The number of benzene rings is 2. The highest BCUT2D eigenvalue weighted by Gasteiger charge is 2.30. The third kappa shape index (κ3) is 2.90. The second kappa shape index (κ2) is 5.42. The van der Waals surface area contributed by atoms with Gasteiger partial charge in [-0.15, -0.1) is 0 Å². The highest BCUT2D eigenvalue weighted by molar-refractivity contribution is 5.97. The lowest BCUT2D eigenvalue weighted by Gasteiger charge is -2.10. The van der Waals surface area contributed by atoms with Crippen LogP contribution in [0, 0.1) is 6.92 Å². The quantitative estimate of drug-likeness (QED) is 0.720. The number of nitrogens with zero attached hydrogens (tertiary/aromatic N) is 2. The summed E-state index contributed by atoms with van der Waals surface area (Å²) in [6.45, 7) is 1.89. The van der Waals surface area contributed by atoms with Gasteiger partial charge in [0.25, 0.3) is 0 Å². The summed E-state index contributed by atoms with van der Waals surface area (Å²) in [6.07, 6.45) is -2.91. The lowest BCUT2D eigenvalue weighted by Crippen LogP contribution is -2.20. The Bertz CT molecular complexity index is 884. The van der Waals surface area contributed by atoms with Crippen LogP contribution in [0.2, 0.25) is 0 Å². The second-order valence-corrected chi connectivity index (χ2v) is 5.07. The number of hydrogen-bond acceptors (Lipinski definition) is 2. The number of hydrogen-bond donors (Lipinski definition) is 1. The van der Waals surface area contributed by atoms with Crippen molar-refractivity contribution in [3.63, 3.8) is 0 Å². The molecule has 3 aromatic rings. The Morgan fingerprint density at radius 3 is 2.65 bits per heavy atom. The van der Waals surface area contributed by atoms with Gasteiger partial charge in [0.15, 0.2) is 0 Å². The number of carbonyl (C=O) groups is 1. The number of carbonyl (C=O) groups excluding carboxylic acids is 1. The molecule has 2 aromatic carbocycles. The lowest BCUT2D eigenvalue weighted by atomic mass is 10.1. The van der Waals surface area contributed by atoms with Gasteiger partial charge in [0.05, 0.1) is 17.3 Å². The van der Waals surface area contributed by atoms with E-state index in [1.807, 2.05) is 13.0 Å². The summed E-state index contributed by atoms with van der Waals surface area (Å²) in [4.78, 5) is 12.3. The van der Waals surface area contributed by atoms with E-state index in [-0.39, 0.29) is 5.69 Å². The largest absolute Gasteiger partial charge is 0.416 e. The van der Waals surface area contributed by atoms with Gasteiger partial charge in [-0.2, -0.15) is 23.0 Å². The molecule has 1 N–H and O–H groups in total. The molecule has 1 amide bonds. The van der Waals surface area contributed by atoms with Crippen LogP contribution in [0.15, 0.2) is 48.7 Å². The summed E-state index contributed by atoms with van der Waals surface area (Å²) in [5.74, 6) is 0. The molecule has 7 heteroatoms. The Morgan fingerprint density at radius 1 is 1.17 bits per heavy atom. The van der Waals surface area contributed by atoms with Crippen molar-refractivity contribution in [3.8, 4) is 0 Å². The van der Waals surface area contributed by atoms with E-state index in [0.717, 1.165) is 27.8 Å². The normalized spacial score (nSPS) is 11.7. The molecule has 0 bridgehead atoms. The van der Waals surface area contributed by atoms with Crippen LogP contribution in [0.5, 0.6) is 0 Å². The van der Waals surface area contributed by atoms with Gasteiger partial charge in [-0.25, -0.2) is 4.79 Å². The number of halogens is 3. The predicted octanol–water partition coefficient (Wildman–Crippen LogP) is 4.44. The zero-order valence-corrected chi connectivity index (χ0v) is 12.1. The molecule has 0 aliphatic rings. The molecule has 118 valence electrons. The lowest BCUT2D eigenvalue weighted by molar-refractivity contribution is -0.137. The summed E-state index contributed by atoms with van der Waals surface area (Å²) < 4.78 is 39.2. The van der Waals surface area contributed by atoms with Crippen molar-refractivity contribution < 1.29 is 18.0 Å². The van der Waals surface area contributed by atoms with E-state index >= 15 is 0 Å². The number of amides is 1. The molecule has 0 spiro atoms. The second-order valence-electron chi connectivity index (χ2n) is 5.07. The maximum absolute atomic E-state index is 12.7. The Labute approximate surface area is 129 Å². The summed E-state index contributed by atoms with van der Waals surface area (Å²) in [5, 5.41) is 7.25. The van der Waals surface area contributed by atoms with Gasteiger partial charge in [0, 0.05) is 11.1 Å². The molecule has 0 radical (unpaired) electrons. The molecule has 0 saturated carbocycles. The third-order valence-corrected chi connectivity index (χ3v) is 3.47. The van der Waals surface area contributed by atoms with Gasteiger partial charge in [-0.05, 0) is 36.8 Å². The van der Waals surface area contributed by atoms with Crippen LogP contribution in [-0.2, 0) is 6.18 Å². The molecule has 1 heterocycles. The van der Waals surface area contributed by atoms with Gasteiger partial charge < -0.3 is 5.32 Å². The number of aromatic nitrogens is 2. The molecule has 4 nitrogen and oxygen atoms in total. The summed E-state index contributed by atoms with van der Waals surface area (Å²) in [7, 11) is 0. The van der Waals surface area contributed by atoms with E-state index in [1.165, 1.54) is 12.1 Å². The summed E-state index contributed by atoms with van der Waals surface area (Å²) in [6, 6.07) is 9.24. The molecule has 0 saturated heterocycles. The molecule has 3 rings (SSSR count). The van der Waals surface area contributed by atoms with Crippen molar-refractivity contribution in [2.75, 3.05) is 5.32 Å².